The molecule has 2 aliphatic heterocycles. The highest BCUT2D eigenvalue weighted by atomic mass is 32.2. The predicted octanol–water partition coefficient (Wildman–Crippen LogP) is 3.06. The second-order valence-corrected chi connectivity index (χ2v) is 10.3. The minimum Gasteiger partial charge on any atom is -0.490 e. The molecule has 3 heterocycles. The summed E-state index contributed by atoms with van der Waals surface area (Å²) in [4.78, 5) is 19.2. The zero-order chi connectivity index (χ0) is 23.5. The molecule has 3 aromatic rings. The number of sulfonamides is 1. The van der Waals surface area contributed by atoms with Crippen LogP contribution in [0.4, 0.5) is 0 Å². The molecule has 1 aromatic heterocycles. The largest absolute Gasteiger partial charge is 0.490 e. The summed E-state index contributed by atoms with van der Waals surface area (Å²) in [5, 5.41) is 0. The minimum atomic E-state index is -3.78. The number of piperidine rings is 1. The number of ether oxygens (including phenoxy) is 2. The topological polar surface area (TPSA) is 111 Å². The van der Waals surface area contributed by atoms with Gasteiger partial charge in [-0.25, -0.2) is 18.1 Å². The fourth-order valence-corrected chi connectivity index (χ4v) is 5.36. The van der Waals surface area contributed by atoms with E-state index in [9.17, 15) is 13.2 Å². The Morgan fingerprint density at radius 2 is 1.91 bits per heavy atom. The van der Waals surface area contributed by atoms with E-state index < -0.39 is 10.0 Å². The monoisotopic (exact) mass is 485 g/mol. The fraction of sp³-hybridized carbons (Fsp3) is 0.417. The molecule has 10 heteroatoms. The first kappa shape index (κ1) is 22.7. The maximum atomic E-state index is 12.8. The van der Waals surface area contributed by atoms with Crippen molar-refractivity contribution in [2.75, 3.05) is 32.8 Å². The van der Waals surface area contributed by atoms with Crippen LogP contribution in [0.2, 0.25) is 0 Å². The van der Waals surface area contributed by atoms with Crippen LogP contribution in [0.5, 0.6) is 11.5 Å². The summed E-state index contributed by atoms with van der Waals surface area (Å²) in [7, 11) is -3.78. The lowest BCUT2D eigenvalue weighted by molar-refractivity contribution is -0.132. The molecule has 0 spiro atoms. The zero-order valence-corrected chi connectivity index (χ0v) is 19.6. The van der Waals surface area contributed by atoms with E-state index in [4.69, 9.17) is 13.9 Å². The highest BCUT2D eigenvalue weighted by molar-refractivity contribution is 7.89. The van der Waals surface area contributed by atoms with Crippen molar-refractivity contribution in [2.45, 2.75) is 36.5 Å². The average Bonchev–Trinajstić information content (AvgIpc) is 3.15. The summed E-state index contributed by atoms with van der Waals surface area (Å²) in [6.07, 6.45) is 2.55. The molecule has 180 valence electrons. The second kappa shape index (κ2) is 9.63. The van der Waals surface area contributed by atoms with Gasteiger partial charge in [0.1, 0.15) is 5.52 Å². The van der Waals surface area contributed by atoms with Gasteiger partial charge >= 0.3 is 0 Å². The van der Waals surface area contributed by atoms with Gasteiger partial charge in [-0.2, -0.15) is 0 Å². The van der Waals surface area contributed by atoms with Crippen LogP contribution in [0.3, 0.4) is 0 Å². The molecule has 1 fully saturated rings. The lowest BCUT2D eigenvalue weighted by Crippen LogP contribution is -2.40. The Morgan fingerprint density at radius 1 is 1.09 bits per heavy atom. The maximum absolute atomic E-state index is 12.8. The number of amides is 1. The number of para-hydroxylation sites is 2. The lowest BCUT2D eigenvalue weighted by atomic mass is 9.97. The molecule has 9 nitrogen and oxygen atoms in total. The number of likely N-dealkylation sites (tertiary alicyclic amines) is 1. The Kier molecular flexibility index (Phi) is 6.42. The summed E-state index contributed by atoms with van der Waals surface area (Å²) in [6.45, 7) is 2.17. The number of carbonyl (C=O) groups is 1. The van der Waals surface area contributed by atoms with Crippen molar-refractivity contribution in [3.05, 3.63) is 48.4 Å². The first-order chi connectivity index (χ1) is 16.5. The normalized spacial score (nSPS) is 18.6. The average molecular weight is 486 g/mol. The van der Waals surface area contributed by atoms with E-state index in [1.54, 1.807) is 11.0 Å². The first-order valence-corrected chi connectivity index (χ1v) is 13.0. The summed E-state index contributed by atoms with van der Waals surface area (Å²) >= 11 is 0. The molecule has 0 saturated carbocycles. The third kappa shape index (κ3) is 4.88. The van der Waals surface area contributed by atoms with Gasteiger partial charge in [-0.05, 0) is 37.1 Å². The number of hydrogen-bond donors (Lipinski definition) is 1. The summed E-state index contributed by atoms with van der Waals surface area (Å²) in [5.41, 5.74) is 1.55. The van der Waals surface area contributed by atoms with E-state index in [1.165, 1.54) is 12.1 Å². The summed E-state index contributed by atoms with van der Waals surface area (Å²) in [5.74, 6) is 1.53. The van der Waals surface area contributed by atoms with Crippen molar-refractivity contribution in [2.24, 2.45) is 0 Å². The van der Waals surface area contributed by atoms with E-state index in [-0.39, 0.29) is 29.7 Å². The van der Waals surface area contributed by atoms with Crippen LogP contribution in [0.1, 0.15) is 37.5 Å². The van der Waals surface area contributed by atoms with E-state index in [0.717, 1.165) is 30.4 Å². The Morgan fingerprint density at radius 3 is 2.76 bits per heavy atom. The van der Waals surface area contributed by atoms with Crippen molar-refractivity contribution >= 4 is 27.0 Å². The molecule has 2 aromatic carbocycles. The van der Waals surface area contributed by atoms with Gasteiger partial charge in [-0.15, -0.1) is 0 Å². The quantitative estimate of drug-likeness (QED) is 0.571. The van der Waals surface area contributed by atoms with Gasteiger partial charge in [-0.1, -0.05) is 12.1 Å². The molecule has 1 amide bonds. The Labute approximate surface area is 198 Å². The van der Waals surface area contributed by atoms with Crippen LogP contribution >= 0.6 is 0 Å². The van der Waals surface area contributed by atoms with Crippen molar-refractivity contribution < 1.29 is 27.1 Å². The SMILES string of the molecule is O=C(CCNS(=O)(=O)c1ccc2c(c1)OCCCO2)N1CCCC(c2nc3ccccc3o2)C1. The number of nitrogens with zero attached hydrogens (tertiary/aromatic N) is 2. The molecule has 2 aliphatic rings. The third-order valence-electron chi connectivity index (χ3n) is 6.09. The lowest BCUT2D eigenvalue weighted by Gasteiger charge is -2.31. The number of oxazole rings is 1. The van der Waals surface area contributed by atoms with Gasteiger partial charge in [-0.3, -0.25) is 4.79 Å². The van der Waals surface area contributed by atoms with Crippen LogP contribution in [-0.2, 0) is 14.8 Å². The zero-order valence-electron chi connectivity index (χ0n) is 18.7. The van der Waals surface area contributed by atoms with Gasteiger partial charge in [0.25, 0.3) is 0 Å². The molecule has 1 atom stereocenters. The van der Waals surface area contributed by atoms with E-state index in [1.807, 2.05) is 24.3 Å². The molecule has 5 rings (SSSR count). The standard InChI is InChI=1S/C24H27N3O6S/c28-23(27-12-3-5-17(16-27)24-26-19-6-1-2-7-20(19)33-24)10-11-25-34(29,30)18-8-9-21-22(15-18)32-14-4-13-31-21/h1-2,6-9,15,17,25H,3-5,10-14,16H2. The first-order valence-electron chi connectivity index (χ1n) is 11.5. The van der Waals surface area contributed by atoms with Crippen LogP contribution in [0, 0.1) is 0 Å². The van der Waals surface area contributed by atoms with Crippen molar-refractivity contribution in [1.29, 1.82) is 0 Å². The number of rotatable bonds is 6. The minimum absolute atomic E-state index is 0.0136. The fourth-order valence-electron chi connectivity index (χ4n) is 4.31. The number of benzene rings is 2. The number of carbonyl (C=O) groups excluding carboxylic acids is 1. The number of hydrogen-bond acceptors (Lipinski definition) is 7. The van der Waals surface area contributed by atoms with E-state index in [2.05, 4.69) is 9.71 Å². The molecular formula is C24H27N3O6S. The van der Waals surface area contributed by atoms with Gasteiger partial charge in [0.05, 0.1) is 24.0 Å². The van der Waals surface area contributed by atoms with Gasteiger partial charge in [0.2, 0.25) is 15.9 Å². The maximum Gasteiger partial charge on any atom is 0.240 e. The van der Waals surface area contributed by atoms with Crippen LogP contribution in [0.25, 0.3) is 11.1 Å². The smallest absolute Gasteiger partial charge is 0.240 e. The van der Waals surface area contributed by atoms with Crippen molar-refractivity contribution in [3.8, 4) is 11.5 Å². The molecule has 0 aliphatic carbocycles. The molecule has 0 bridgehead atoms. The van der Waals surface area contributed by atoms with Crippen LogP contribution < -0.4 is 14.2 Å². The van der Waals surface area contributed by atoms with Crippen molar-refractivity contribution in [3.63, 3.8) is 0 Å². The second-order valence-electron chi connectivity index (χ2n) is 8.51. The molecule has 0 radical (unpaired) electrons. The molecule has 1 saturated heterocycles. The number of nitrogens with one attached hydrogen (secondary N) is 1. The Bertz CT molecular complexity index is 1260. The van der Waals surface area contributed by atoms with E-state index >= 15 is 0 Å². The van der Waals surface area contributed by atoms with Gasteiger partial charge < -0.3 is 18.8 Å². The molecule has 34 heavy (non-hydrogen) atoms. The molecule has 1 unspecified atom stereocenters. The number of aromatic nitrogens is 1. The van der Waals surface area contributed by atoms with Gasteiger partial charge in [0, 0.05) is 38.5 Å². The number of fused-ring (bicyclic) bond motifs is 2. The molecule has 1 N–H and O–H groups in total. The molecular weight excluding hydrogens is 458 g/mol. The highest BCUT2D eigenvalue weighted by Gasteiger charge is 2.28. The van der Waals surface area contributed by atoms with E-state index in [0.29, 0.717) is 43.7 Å². The van der Waals surface area contributed by atoms with Crippen molar-refractivity contribution in [1.82, 2.24) is 14.6 Å². The Hall–Kier alpha value is -3.11. The van der Waals surface area contributed by atoms with Crippen LogP contribution in [-0.4, -0.2) is 57.1 Å². The highest BCUT2D eigenvalue weighted by Crippen LogP contribution is 2.32. The Balaban J connectivity index is 1.17. The van der Waals surface area contributed by atoms with Crippen LogP contribution in [0.15, 0.2) is 51.8 Å². The third-order valence-corrected chi connectivity index (χ3v) is 7.55. The van der Waals surface area contributed by atoms with Gasteiger partial charge in [0.15, 0.2) is 23.0 Å². The predicted molar refractivity (Wildman–Crippen MR) is 124 cm³/mol. The summed E-state index contributed by atoms with van der Waals surface area (Å²) < 4.78 is 45.0. The summed E-state index contributed by atoms with van der Waals surface area (Å²) in [6, 6.07) is 12.1.